The fourth-order valence-electron chi connectivity index (χ4n) is 3.30. The Morgan fingerprint density at radius 1 is 1.24 bits per heavy atom. The Bertz CT molecular complexity index is 920. The zero-order chi connectivity index (χ0) is 20.6. The molecular formula is C23H30N4OS. The van der Waals surface area contributed by atoms with Crippen molar-refractivity contribution in [1.82, 2.24) is 19.3 Å². The first kappa shape index (κ1) is 21.6. The number of fused-ring (bicyclic) bond motifs is 1. The predicted octanol–water partition coefficient (Wildman–Crippen LogP) is 5.00. The molecule has 154 valence electrons. The van der Waals surface area contributed by atoms with Gasteiger partial charge in [-0.2, -0.15) is 0 Å². The SMILES string of the molecule is C=CCOCC(CC(C)C)NSc1ccc(Cn2c(C)nc3ccncc32)cc1. The summed E-state index contributed by atoms with van der Waals surface area (Å²) in [5, 5.41) is 0. The van der Waals surface area contributed by atoms with Gasteiger partial charge < -0.3 is 9.30 Å². The average Bonchev–Trinajstić information content (AvgIpc) is 3.02. The molecule has 2 aromatic heterocycles. The van der Waals surface area contributed by atoms with E-state index in [4.69, 9.17) is 4.74 Å². The second-order valence-electron chi connectivity index (χ2n) is 7.63. The molecule has 3 aromatic rings. The van der Waals surface area contributed by atoms with Gasteiger partial charge in [0.05, 0.1) is 30.4 Å². The molecular weight excluding hydrogens is 380 g/mol. The van der Waals surface area contributed by atoms with Crippen LogP contribution < -0.4 is 4.72 Å². The first-order valence-corrected chi connectivity index (χ1v) is 10.8. The third kappa shape index (κ3) is 6.16. The summed E-state index contributed by atoms with van der Waals surface area (Å²) in [6.07, 6.45) is 6.53. The lowest BCUT2D eigenvalue weighted by Gasteiger charge is -2.20. The fraction of sp³-hybridized carbons (Fsp3) is 0.391. The molecule has 1 atom stereocenters. The number of nitrogens with one attached hydrogen (secondary N) is 1. The van der Waals surface area contributed by atoms with Crippen molar-refractivity contribution in [1.29, 1.82) is 0 Å². The van der Waals surface area contributed by atoms with Crippen LogP contribution in [0.5, 0.6) is 0 Å². The highest BCUT2D eigenvalue weighted by molar-refractivity contribution is 7.97. The quantitative estimate of drug-likeness (QED) is 0.274. The number of pyridine rings is 1. The number of hydrogen-bond donors (Lipinski definition) is 1. The molecule has 0 aliphatic heterocycles. The highest BCUT2D eigenvalue weighted by Gasteiger charge is 2.12. The number of aromatic nitrogens is 3. The van der Waals surface area contributed by atoms with Crippen LogP contribution in [-0.2, 0) is 11.3 Å². The first-order chi connectivity index (χ1) is 14.1. The lowest BCUT2D eigenvalue weighted by atomic mass is 10.1. The highest BCUT2D eigenvalue weighted by Crippen LogP contribution is 2.20. The van der Waals surface area contributed by atoms with E-state index in [9.17, 15) is 0 Å². The molecule has 0 spiro atoms. The van der Waals surface area contributed by atoms with Crippen molar-refractivity contribution < 1.29 is 4.74 Å². The van der Waals surface area contributed by atoms with Crippen LogP contribution in [0.2, 0.25) is 0 Å². The zero-order valence-corrected chi connectivity index (χ0v) is 18.3. The van der Waals surface area contributed by atoms with Gasteiger partial charge in [0.25, 0.3) is 0 Å². The van der Waals surface area contributed by atoms with Gasteiger partial charge in [0.2, 0.25) is 0 Å². The molecule has 1 N–H and O–H groups in total. The Kier molecular flexibility index (Phi) is 7.86. The van der Waals surface area contributed by atoms with Gasteiger partial charge in [-0.15, -0.1) is 6.58 Å². The van der Waals surface area contributed by atoms with Crippen molar-refractivity contribution in [2.75, 3.05) is 13.2 Å². The number of aryl methyl sites for hydroxylation is 1. The monoisotopic (exact) mass is 410 g/mol. The Morgan fingerprint density at radius 2 is 2.03 bits per heavy atom. The van der Waals surface area contributed by atoms with E-state index in [2.05, 4.69) is 63.9 Å². The summed E-state index contributed by atoms with van der Waals surface area (Å²) in [6.45, 7) is 12.3. The first-order valence-electron chi connectivity index (χ1n) is 10.0. The molecule has 0 aliphatic carbocycles. The van der Waals surface area contributed by atoms with Gasteiger partial charge in [-0.25, -0.2) is 4.98 Å². The van der Waals surface area contributed by atoms with Gasteiger partial charge in [0.15, 0.2) is 0 Å². The normalized spacial score (nSPS) is 12.6. The Hall–Kier alpha value is -2.15. The molecule has 0 radical (unpaired) electrons. The van der Waals surface area contributed by atoms with Gasteiger partial charge in [0.1, 0.15) is 5.82 Å². The maximum absolute atomic E-state index is 5.65. The predicted molar refractivity (Wildman–Crippen MR) is 121 cm³/mol. The number of nitrogens with zero attached hydrogens (tertiary/aromatic N) is 3. The second-order valence-corrected chi connectivity index (χ2v) is 8.54. The average molecular weight is 411 g/mol. The van der Waals surface area contributed by atoms with E-state index in [-0.39, 0.29) is 0 Å². The summed E-state index contributed by atoms with van der Waals surface area (Å²) in [6, 6.07) is 10.9. The number of benzene rings is 1. The van der Waals surface area contributed by atoms with Gasteiger partial charge >= 0.3 is 0 Å². The highest BCUT2D eigenvalue weighted by atomic mass is 32.2. The van der Waals surface area contributed by atoms with Crippen LogP contribution in [-0.4, -0.2) is 33.8 Å². The molecule has 0 aliphatic rings. The van der Waals surface area contributed by atoms with E-state index in [1.807, 2.05) is 19.2 Å². The second kappa shape index (κ2) is 10.6. The van der Waals surface area contributed by atoms with Crippen molar-refractivity contribution in [2.45, 2.75) is 44.7 Å². The largest absolute Gasteiger partial charge is 0.376 e. The molecule has 2 heterocycles. The maximum Gasteiger partial charge on any atom is 0.107 e. The van der Waals surface area contributed by atoms with Crippen molar-refractivity contribution in [3.63, 3.8) is 0 Å². The van der Waals surface area contributed by atoms with Crippen LogP contribution in [0.3, 0.4) is 0 Å². The standard InChI is InChI=1S/C23H30N4OS/c1-5-12-28-16-20(13-17(2)3)26-29-21-8-6-19(7-9-21)15-27-18(4)25-22-10-11-24-14-23(22)27/h5-11,14,17,20,26H,1,12-13,15-16H2,2-4H3. The zero-order valence-electron chi connectivity index (χ0n) is 17.5. The molecule has 0 fully saturated rings. The molecule has 3 rings (SSSR count). The number of rotatable bonds is 11. The van der Waals surface area contributed by atoms with Crippen molar-refractivity contribution in [3.8, 4) is 0 Å². The summed E-state index contributed by atoms with van der Waals surface area (Å²) in [7, 11) is 0. The molecule has 6 heteroatoms. The van der Waals surface area contributed by atoms with Crippen LogP contribution in [0.4, 0.5) is 0 Å². The molecule has 29 heavy (non-hydrogen) atoms. The molecule has 1 unspecified atom stereocenters. The van der Waals surface area contributed by atoms with Crippen LogP contribution in [0, 0.1) is 12.8 Å². The Balaban J connectivity index is 1.60. The Labute approximate surface area is 177 Å². The van der Waals surface area contributed by atoms with E-state index in [1.165, 1.54) is 10.5 Å². The number of ether oxygens (including phenoxy) is 1. The third-order valence-electron chi connectivity index (χ3n) is 4.66. The van der Waals surface area contributed by atoms with E-state index in [1.54, 1.807) is 24.2 Å². The van der Waals surface area contributed by atoms with Crippen molar-refractivity contribution in [2.24, 2.45) is 5.92 Å². The molecule has 0 bridgehead atoms. The summed E-state index contributed by atoms with van der Waals surface area (Å²) in [5.41, 5.74) is 3.30. The van der Waals surface area contributed by atoms with Gasteiger partial charge in [-0.05, 0) is 55.0 Å². The smallest absolute Gasteiger partial charge is 0.107 e. The van der Waals surface area contributed by atoms with Gasteiger partial charge in [0, 0.05) is 23.7 Å². The van der Waals surface area contributed by atoms with Crippen molar-refractivity contribution in [3.05, 3.63) is 66.8 Å². The lowest BCUT2D eigenvalue weighted by molar-refractivity contribution is 0.136. The van der Waals surface area contributed by atoms with Gasteiger partial charge in [-0.1, -0.05) is 32.1 Å². The maximum atomic E-state index is 5.65. The van der Waals surface area contributed by atoms with Gasteiger partial charge in [-0.3, -0.25) is 9.71 Å². The van der Waals surface area contributed by atoms with E-state index >= 15 is 0 Å². The third-order valence-corrected chi connectivity index (χ3v) is 5.62. The van der Waals surface area contributed by atoms with Crippen LogP contribution in [0.1, 0.15) is 31.7 Å². The molecule has 5 nitrogen and oxygen atoms in total. The topological polar surface area (TPSA) is 52.0 Å². The minimum Gasteiger partial charge on any atom is -0.376 e. The van der Waals surface area contributed by atoms with E-state index in [0.717, 1.165) is 29.8 Å². The minimum absolute atomic E-state index is 0.312. The van der Waals surface area contributed by atoms with Crippen LogP contribution in [0.15, 0.2) is 60.3 Å². The fourth-order valence-corrected chi connectivity index (χ4v) is 4.04. The minimum atomic E-state index is 0.312. The van der Waals surface area contributed by atoms with E-state index in [0.29, 0.717) is 25.2 Å². The Morgan fingerprint density at radius 3 is 2.76 bits per heavy atom. The summed E-state index contributed by atoms with van der Waals surface area (Å²) in [4.78, 5) is 10.1. The van der Waals surface area contributed by atoms with Crippen LogP contribution >= 0.6 is 11.9 Å². The lowest BCUT2D eigenvalue weighted by Crippen LogP contribution is -2.30. The van der Waals surface area contributed by atoms with Crippen LogP contribution in [0.25, 0.3) is 11.0 Å². The number of imidazole rings is 1. The summed E-state index contributed by atoms with van der Waals surface area (Å²) < 4.78 is 11.4. The van der Waals surface area contributed by atoms with Crippen molar-refractivity contribution >= 4 is 23.0 Å². The molecule has 0 saturated heterocycles. The van der Waals surface area contributed by atoms with E-state index < -0.39 is 0 Å². The number of hydrogen-bond acceptors (Lipinski definition) is 5. The molecule has 0 amide bonds. The summed E-state index contributed by atoms with van der Waals surface area (Å²) in [5.74, 6) is 1.62. The molecule has 0 saturated carbocycles. The summed E-state index contributed by atoms with van der Waals surface area (Å²) >= 11 is 1.67. The molecule has 1 aromatic carbocycles.